The van der Waals surface area contributed by atoms with Gasteiger partial charge < -0.3 is 5.73 Å². The van der Waals surface area contributed by atoms with Crippen LogP contribution in [0, 0.1) is 5.82 Å². The molecule has 4 nitrogen and oxygen atoms in total. The van der Waals surface area contributed by atoms with Gasteiger partial charge >= 0.3 is 5.56 Å². The Balaban J connectivity index is 3.26. The molecule has 0 radical (unpaired) electrons. The largest absolute Gasteiger partial charge is 0.330 e. The lowest BCUT2D eigenvalue weighted by molar-refractivity contribution is 0.586. The summed E-state index contributed by atoms with van der Waals surface area (Å²) in [6.45, 7) is 2.03. The van der Waals surface area contributed by atoms with Gasteiger partial charge in [0.15, 0.2) is 0 Å². The normalized spacial score (nSPS) is 12.9. The van der Waals surface area contributed by atoms with Crippen LogP contribution in [0.25, 0.3) is 0 Å². The fourth-order valence-electron chi connectivity index (χ4n) is 0.859. The first kappa shape index (κ1) is 10.1. The van der Waals surface area contributed by atoms with Crippen molar-refractivity contribution in [3.63, 3.8) is 0 Å². The number of hydrogen-bond acceptors (Lipinski definition) is 3. The molecule has 6 heteroatoms. The van der Waals surface area contributed by atoms with Crippen LogP contribution in [0.4, 0.5) is 4.39 Å². The quantitative estimate of drug-likeness (QED) is 0.744. The zero-order valence-corrected chi connectivity index (χ0v) is 7.73. The molecular weight excluding hydrogens is 197 g/mol. The van der Waals surface area contributed by atoms with E-state index < -0.39 is 11.4 Å². The van der Waals surface area contributed by atoms with Crippen LogP contribution in [-0.4, -0.2) is 16.7 Å². The van der Waals surface area contributed by atoms with E-state index in [2.05, 4.69) is 5.10 Å². The Kier molecular flexibility index (Phi) is 3.00. The van der Waals surface area contributed by atoms with Gasteiger partial charge in [-0.15, -0.1) is 0 Å². The number of halogens is 2. The second-order valence-electron chi connectivity index (χ2n) is 2.70. The molecule has 0 aliphatic rings. The molecule has 0 aliphatic carbocycles. The molecule has 0 amide bonds. The first-order chi connectivity index (χ1) is 6.07. The average molecular weight is 206 g/mol. The monoisotopic (exact) mass is 205 g/mol. The molecule has 0 fully saturated rings. The molecule has 0 aliphatic heterocycles. The summed E-state index contributed by atoms with van der Waals surface area (Å²) < 4.78 is 12.9. The fourth-order valence-corrected chi connectivity index (χ4v) is 1.17. The maximum Gasteiger partial charge on any atom is 0.301 e. The van der Waals surface area contributed by atoms with E-state index in [9.17, 15) is 9.18 Å². The van der Waals surface area contributed by atoms with Crippen molar-refractivity contribution in [2.24, 2.45) is 5.73 Å². The molecule has 0 saturated carbocycles. The third-order valence-corrected chi connectivity index (χ3v) is 2.07. The number of H-pyrrole nitrogens is 1. The SMILES string of the molecule is CC(CN)c1n[nH]c(=O)c(F)c1Cl. The van der Waals surface area contributed by atoms with Gasteiger partial charge in [-0.05, 0) is 0 Å². The van der Waals surface area contributed by atoms with E-state index in [0.29, 0.717) is 0 Å². The molecule has 72 valence electrons. The molecule has 13 heavy (non-hydrogen) atoms. The molecule has 1 aromatic rings. The van der Waals surface area contributed by atoms with Gasteiger partial charge in [0.25, 0.3) is 0 Å². The summed E-state index contributed by atoms with van der Waals surface area (Å²) in [5.41, 5.74) is 4.71. The smallest absolute Gasteiger partial charge is 0.301 e. The molecule has 1 heterocycles. The summed E-state index contributed by atoms with van der Waals surface area (Å²) >= 11 is 5.56. The van der Waals surface area contributed by atoms with Crippen LogP contribution >= 0.6 is 11.6 Å². The van der Waals surface area contributed by atoms with Crippen LogP contribution in [0.2, 0.25) is 5.02 Å². The summed E-state index contributed by atoms with van der Waals surface area (Å²) in [5.74, 6) is -1.19. The lowest BCUT2D eigenvalue weighted by atomic mass is 10.1. The Hall–Kier alpha value is -0.940. The molecule has 3 N–H and O–H groups in total. The zero-order valence-electron chi connectivity index (χ0n) is 6.97. The van der Waals surface area contributed by atoms with Crippen molar-refractivity contribution in [3.05, 3.63) is 26.9 Å². The predicted octanol–water partition coefficient (Wildman–Crippen LogP) is 0.625. The minimum absolute atomic E-state index is 0.182. The second kappa shape index (κ2) is 3.85. The predicted molar refractivity (Wildman–Crippen MR) is 47.3 cm³/mol. The molecule has 1 rings (SSSR count). The number of nitrogens with one attached hydrogen (secondary N) is 1. The third kappa shape index (κ3) is 1.87. The Bertz CT molecular complexity index is 365. The molecule has 0 saturated heterocycles. The van der Waals surface area contributed by atoms with E-state index in [-0.39, 0.29) is 23.2 Å². The van der Waals surface area contributed by atoms with Crippen molar-refractivity contribution >= 4 is 11.6 Å². The highest BCUT2D eigenvalue weighted by Crippen LogP contribution is 2.21. The Morgan fingerprint density at radius 3 is 2.92 bits per heavy atom. The zero-order chi connectivity index (χ0) is 10.0. The lowest BCUT2D eigenvalue weighted by Crippen LogP contribution is -2.19. The highest BCUT2D eigenvalue weighted by Gasteiger charge is 2.15. The number of aromatic nitrogens is 2. The standard InChI is InChI=1S/C7H9ClFN3O/c1-3(2-10)6-4(8)5(9)7(13)12-11-6/h3H,2,10H2,1H3,(H,12,13). The summed E-state index contributed by atoms with van der Waals surface area (Å²) in [6, 6.07) is 0. The lowest BCUT2D eigenvalue weighted by Gasteiger charge is -2.08. The number of aromatic amines is 1. The van der Waals surface area contributed by atoms with E-state index in [0.717, 1.165) is 0 Å². The highest BCUT2D eigenvalue weighted by molar-refractivity contribution is 6.31. The fraction of sp³-hybridized carbons (Fsp3) is 0.429. The summed E-state index contributed by atoms with van der Waals surface area (Å²) in [7, 11) is 0. The topological polar surface area (TPSA) is 71.8 Å². The molecule has 1 atom stereocenters. The van der Waals surface area contributed by atoms with Gasteiger partial charge in [-0.3, -0.25) is 4.79 Å². The first-order valence-electron chi connectivity index (χ1n) is 3.71. The van der Waals surface area contributed by atoms with Gasteiger partial charge in [-0.1, -0.05) is 18.5 Å². The van der Waals surface area contributed by atoms with Crippen LogP contribution in [0.5, 0.6) is 0 Å². The summed E-state index contributed by atoms with van der Waals surface area (Å²) in [4.78, 5) is 10.7. The average Bonchev–Trinajstić information content (AvgIpc) is 2.13. The van der Waals surface area contributed by atoms with Crippen LogP contribution in [0.3, 0.4) is 0 Å². The van der Waals surface area contributed by atoms with Crippen molar-refractivity contribution in [1.82, 2.24) is 10.2 Å². The Morgan fingerprint density at radius 1 is 1.77 bits per heavy atom. The molecule has 1 aromatic heterocycles. The third-order valence-electron chi connectivity index (χ3n) is 1.72. The summed E-state index contributed by atoms with van der Waals surface area (Å²) in [6.07, 6.45) is 0. The number of hydrogen-bond donors (Lipinski definition) is 2. The van der Waals surface area contributed by atoms with Gasteiger partial charge in [0.1, 0.15) is 5.02 Å². The Labute approximate surface area is 78.9 Å². The van der Waals surface area contributed by atoms with E-state index in [1.807, 2.05) is 5.10 Å². The molecule has 0 spiro atoms. The molecule has 1 unspecified atom stereocenters. The molecule has 0 bridgehead atoms. The van der Waals surface area contributed by atoms with Crippen LogP contribution in [-0.2, 0) is 0 Å². The molecule has 0 aromatic carbocycles. The molecular formula is C7H9ClFN3O. The maximum atomic E-state index is 12.9. The van der Waals surface area contributed by atoms with E-state index >= 15 is 0 Å². The van der Waals surface area contributed by atoms with Crippen molar-refractivity contribution in [2.75, 3.05) is 6.54 Å². The second-order valence-corrected chi connectivity index (χ2v) is 3.08. The number of nitrogens with zero attached hydrogens (tertiary/aromatic N) is 1. The van der Waals surface area contributed by atoms with Crippen molar-refractivity contribution < 1.29 is 4.39 Å². The maximum absolute atomic E-state index is 12.9. The number of nitrogens with two attached hydrogens (primary N) is 1. The Morgan fingerprint density at radius 2 is 2.38 bits per heavy atom. The van der Waals surface area contributed by atoms with Gasteiger partial charge in [0, 0.05) is 12.5 Å². The van der Waals surface area contributed by atoms with Crippen molar-refractivity contribution in [2.45, 2.75) is 12.8 Å². The minimum Gasteiger partial charge on any atom is -0.330 e. The van der Waals surface area contributed by atoms with Gasteiger partial charge in [0.05, 0.1) is 5.69 Å². The van der Waals surface area contributed by atoms with E-state index in [4.69, 9.17) is 17.3 Å². The van der Waals surface area contributed by atoms with Gasteiger partial charge in [0.2, 0.25) is 5.82 Å². The van der Waals surface area contributed by atoms with E-state index in [1.165, 1.54) is 0 Å². The van der Waals surface area contributed by atoms with Gasteiger partial charge in [-0.25, -0.2) is 5.10 Å². The van der Waals surface area contributed by atoms with Crippen LogP contribution in [0.1, 0.15) is 18.5 Å². The summed E-state index contributed by atoms with van der Waals surface area (Å²) in [5, 5.41) is 5.38. The van der Waals surface area contributed by atoms with Crippen molar-refractivity contribution in [3.8, 4) is 0 Å². The highest BCUT2D eigenvalue weighted by atomic mass is 35.5. The van der Waals surface area contributed by atoms with Gasteiger partial charge in [-0.2, -0.15) is 9.49 Å². The van der Waals surface area contributed by atoms with E-state index in [1.54, 1.807) is 6.92 Å². The van der Waals surface area contributed by atoms with Crippen LogP contribution < -0.4 is 11.3 Å². The van der Waals surface area contributed by atoms with Crippen LogP contribution in [0.15, 0.2) is 4.79 Å². The van der Waals surface area contributed by atoms with Crippen molar-refractivity contribution in [1.29, 1.82) is 0 Å². The first-order valence-corrected chi connectivity index (χ1v) is 4.09. The number of rotatable bonds is 2. The minimum atomic E-state index is -1.01.